The molecule has 1 aliphatic rings. The summed E-state index contributed by atoms with van der Waals surface area (Å²) in [6.45, 7) is 3.34. The van der Waals surface area contributed by atoms with Crippen molar-refractivity contribution in [1.82, 2.24) is 4.98 Å². The molecule has 7 heteroatoms. The first kappa shape index (κ1) is 25.1. The Hall–Kier alpha value is -3.58. The zero-order chi connectivity index (χ0) is 25.6. The molecule has 0 aliphatic heterocycles. The maximum absolute atomic E-state index is 11.9. The fraction of sp³-hybridized carbons (Fsp3) is 0.333. The lowest BCUT2D eigenvalue weighted by molar-refractivity contribution is -0.143. The average molecular weight is 518 g/mol. The van der Waals surface area contributed by atoms with Gasteiger partial charge in [0.25, 0.3) is 0 Å². The van der Waals surface area contributed by atoms with Crippen LogP contribution in [0.15, 0.2) is 60.7 Å². The smallest absolute Gasteiger partial charge is 0.306 e. The van der Waals surface area contributed by atoms with E-state index in [0.717, 1.165) is 45.8 Å². The third kappa shape index (κ3) is 5.88. The lowest BCUT2D eigenvalue weighted by Gasteiger charge is -2.13. The van der Waals surface area contributed by atoms with Crippen molar-refractivity contribution in [2.45, 2.75) is 38.5 Å². The summed E-state index contributed by atoms with van der Waals surface area (Å²) in [5, 5.41) is 0.959. The Morgan fingerprint density at radius 1 is 1.03 bits per heavy atom. The van der Waals surface area contributed by atoms with Gasteiger partial charge in [-0.3, -0.25) is 4.79 Å². The van der Waals surface area contributed by atoms with Gasteiger partial charge in [-0.05, 0) is 79.3 Å². The van der Waals surface area contributed by atoms with Gasteiger partial charge in [0.15, 0.2) is 11.5 Å². The topological polar surface area (TPSA) is 66.9 Å². The zero-order valence-corrected chi connectivity index (χ0v) is 22.0. The fourth-order valence-corrected chi connectivity index (χ4v) is 5.71. The van der Waals surface area contributed by atoms with Gasteiger partial charge in [-0.2, -0.15) is 0 Å². The van der Waals surface area contributed by atoms with Crippen LogP contribution in [0.25, 0.3) is 20.8 Å². The van der Waals surface area contributed by atoms with Crippen molar-refractivity contribution >= 4 is 27.5 Å². The molecule has 1 aromatic heterocycles. The summed E-state index contributed by atoms with van der Waals surface area (Å²) in [6, 6.07) is 20.3. The number of nitrogens with zero attached hydrogens (tertiary/aromatic N) is 1. The predicted octanol–water partition coefficient (Wildman–Crippen LogP) is 6.80. The van der Waals surface area contributed by atoms with Gasteiger partial charge in [-0.1, -0.05) is 18.2 Å². The van der Waals surface area contributed by atoms with Gasteiger partial charge in [0.05, 0.1) is 43.6 Å². The quantitative estimate of drug-likeness (QED) is 0.161. The molecule has 0 bridgehead atoms. The van der Waals surface area contributed by atoms with Crippen LogP contribution in [0.4, 0.5) is 0 Å². The van der Waals surface area contributed by atoms with Gasteiger partial charge in [0, 0.05) is 12.0 Å². The highest BCUT2D eigenvalue weighted by Crippen LogP contribution is 2.38. The van der Waals surface area contributed by atoms with Gasteiger partial charge in [0.2, 0.25) is 0 Å². The van der Waals surface area contributed by atoms with Gasteiger partial charge in [0.1, 0.15) is 10.8 Å². The Labute approximate surface area is 221 Å². The van der Waals surface area contributed by atoms with Crippen molar-refractivity contribution < 1.29 is 23.7 Å². The molecule has 0 amide bonds. The van der Waals surface area contributed by atoms with E-state index >= 15 is 0 Å². The molecule has 0 radical (unpaired) electrons. The standard InChI is InChI=1S/C30H31NO5S/c1-3-34-29(32)19-21-10-9-20-17-23(12-13-24(20)21)35-15-6-16-36-26-14-11-22(18-27(26)33-2)30-31-25-7-4-5-8-28(25)37-30/h4-5,7-8,11-14,17-18,21H,3,6,9-10,15-16,19H2,1-2H3/t21-/m0/s1. The van der Waals surface area contributed by atoms with E-state index < -0.39 is 0 Å². The summed E-state index contributed by atoms with van der Waals surface area (Å²) in [7, 11) is 1.65. The number of methoxy groups -OCH3 is 1. The SMILES string of the molecule is CCOC(=O)C[C@@H]1CCc2cc(OCCCOc3ccc(-c4nc5ccccc5s4)cc3OC)ccc21. The van der Waals surface area contributed by atoms with Crippen LogP contribution >= 0.6 is 11.3 Å². The first-order valence-electron chi connectivity index (χ1n) is 12.7. The molecule has 3 aromatic carbocycles. The molecule has 1 atom stereocenters. The first-order valence-corrected chi connectivity index (χ1v) is 13.5. The minimum absolute atomic E-state index is 0.122. The number of aryl methyl sites for hydroxylation is 1. The molecule has 0 unspecified atom stereocenters. The molecule has 0 spiro atoms. The lowest BCUT2D eigenvalue weighted by atomic mass is 9.98. The Bertz CT molecular complexity index is 1350. The molecule has 1 heterocycles. The van der Waals surface area contributed by atoms with Gasteiger partial charge in [-0.25, -0.2) is 4.98 Å². The normalized spacial score (nSPS) is 14.4. The Morgan fingerprint density at radius 2 is 1.89 bits per heavy atom. The highest BCUT2D eigenvalue weighted by molar-refractivity contribution is 7.21. The van der Waals surface area contributed by atoms with Crippen molar-refractivity contribution in [2.24, 2.45) is 0 Å². The molecule has 0 saturated heterocycles. The number of carbonyl (C=O) groups excluding carboxylic acids is 1. The first-order chi connectivity index (χ1) is 18.1. The Kier molecular flexibility index (Phi) is 7.90. The number of hydrogen-bond acceptors (Lipinski definition) is 7. The average Bonchev–Trinajstić information content (AvgIpc) is 3.52. The Balaban J connectivity index is 1.12. The maximum Gasteiger partial charge on any atom is 0.306 e. The van der Waals surface area contributed by atoms with Crippen LogP contribution < -0.4 is 14.2 Å². The summed E-state index contributed by atoms with van der Waals surface area (Å²) in [5.74, 6) is 2.37. The summed E-state index contributed by atoms with van der Waals surface area (Å²) in [6.07, 6.45) is 3.13. The summed E-state index contributed by atoms with van der Waals surface area (Å²) in [4.78, 5) is 16.6. The monoisotopic (exact) mass is 517 g/mol. The lowest BCUT2D eigenvalue weighted by Crippen LogP contribution is -2.08. The molecule has 192 valence electrons. The van der Waals surface area contributed by atoms with Crippen molar-refractivity contribution in [1.29, 1.82) is 0 Å². The number of fused-ring (bicyclic) bond motifs is 2. The van der Waals surface area contributed by atoms with Crippen molar-refractivity contribution in [2.75, 3.05) is 26.9 Å². The maximum atomic E-state index is 11.9. The Morgan fingerprint density at radius 3 is 2.73 bits per heavy atom. The molecular formula is C30H31NO5S. The van der Waals surface area contributed by atoms with Crippen LogP contribution in [0.2, 0.25) is 0 Å². The highest BCUT2D eigenvalue weighted by atomic mass is 32.1. The molecule has 4 aromatic rings. The second-order valence-corrected chi connectivity index (χ2v) is 10.0. The fourth-order valence-electron chi connectivity index (χ4n) is 4.75. The van der Waals surface area contributed by atoms with E-state index in [1.165, 1.54) is 11.1 Å². The number of para-hydroxylation sites is 1. The molecule has 6 nitrogen and oxygen atoms in total. The number of carbonyl (C=O) groups is 1. The number of rotatable bonds is 11. The third-order valence-electron chi connectivity index (χ3n) is 6.55. The van der Waals surface area contributed by atoms with E-state index in [-0.39, 0.29) is 11.9 Å². The van der Waals surface area contributed by atoms with Gasteiger partial charge >= 0.3 is 5.97 Å². The highest BCUT2D eigenvalue weighted by Gasteiger charge is 2.25. The predicted molar refractivity (Wildman–Crippen MR) is 146 cm³/mol. The van der Waals surface area contributed by atoms with E-state index in [4.69, 9.17) is 23.9 Å². The van der Waals surface area contributed by atoms with Crippen molar-refractivity contribution in [3.8, 4) is 27.8 Å². The van der Waals surface area contributed by atoms with Crippen LogP contribution in [0, 0.1) is 0 Å². The van der Waals surface area contributed by atoms with Crippen molar-refractivity contribution in [3.05, 3.63) is 71.8 Å². The number of ether oxygens (including phenoxy) is 4. The minimum Gasteiger partial charge on any atom is -0.493 e. The second-order valence-electron chi connectivity index (χ2n) is 9.01. The van der Waals surface area contributed by atoms with Crippen LogP contribution in [-0.4, -0.2) is 37.9 Å². The molecule has 0 saturated carbocycles. The summed E-state index contributed by atoms with van der Waals surface area (Å²) in [5.41, 5.74) is 4.52. The van der Waals surface area contributed by atoms with Gasteiger partial charge in [-0.15, -0.1) is 11.3 Å². The molecule has 0 N–H and O–H groups in total. The summed E-state index contributed by atoms with van der Waals surface area (Å²) < 4.78 is 23.8. The molecule has 0 fully saturated rings. The molecular weight excluding hydrogens is 486 g/mol. The number of aromatic nitrogens is 1. The van der Waals surface area contributed by atoms with E-state index in [1.807, 2.05) is 49.4 Å². The van der Waals surface area contributed by atoms with Crippen LogP contribution in [0.5, 0.6) is 17.2 Å². The zero-order valence-electron chi connectivity index (χ0n) is 21.2. The van der Waals surface area contributed by atoms with E-state index in [1.54, 1.807) is 18.4 Å². The van der Waals surface area contributed by atoms with Gasteiger partial charge < -0.3 is 18.9 Å². The van der Waals surface area contributed by atoms with Crippen LogP contribution in [0.3, 0.4) is 0 Å². The molecule has 1 aliphatic carbocycles. The number of thiazole rings is 1. The molecule has 5 rings (SSSR count). The van der Waals surface area contributed by atoms with Crippen LogP contribution in [-0.2, 0) is 16.0 Å². The minimum atomic E-state index is -0.122. The number of benzene rings is 3. The van der Waals surface area contributed by atoms with E-state index in [0.29, 0.717) is 37.7 Å². The van der Waals surface area contributed by atoms with E-state index in [9.17, 15) is 4.79 Å². The largest absolute Gasteiger partial charge is 0.493 e. The third-order valence-corrected chi connectivity index (χ3v) is 7.64. The van der Waals surface area contributed by atoms with Crippen LogP contribution in [0.1, 0.15) is 43.2 Å². The number of hydrogen-bond donors (Lipinski definition) is 0. The second kappa shape index (κ2) is 11.6. The summed E-state index contributed by atoms with van der Waals surface area (Å²) >= 11 is 1.66. The number of esters is 1. The molecule has 37 heavy (non-hydrogen) atoms. The van der Waals surface area contributed by atoms with E-state index in [2.05, 4.69) is 18.2 Å². The van der Waals surface area contributed by atoms with Crippen molar-refractivity contribution in [3.63, 3.8) is 0 Å².